The zero-order chi connectivity index (χ0) is 15.6. The van der Waals surface area contributed by atoms with Crippen molar-refractivity contribution < 1.29 is 14.7 Å². The summed E-state index contributed by atoms with van der Waals surface area (Å²) in [7, 11) is 0. The molecule has 2 rings (SSSR count). The Bertz CT molecular complexity index is 542. The molecule has 1 aromatic rings. The Morgan fingerprint density at radius 3 is 2.67 bits per heavy atom. The molecular formula is C16H22N2O3. The lowest BCUT2D eigenvalue weighted by Crippen LogP contribution is -2.43. The number of benzene rings is 1. The fourth-order valence-corrected chi connectivity index (χ4v) is 2.57. The molecule has 0 aliphatic carbocycles. The van der Waals surface area contributed by atoms with Gasteiger partial charge in [0.2, 0.25) is 5.91 Å². The molecule has 1 amide bonds. The van der Waals surface area contributed by atoms with Crippen molar-refractivity contribution in [3.8, 4) is 0 Å². The van der Waals surface area contributed by atoms with Gasteiger partial charge in [-0.3, -0.25) is 9.59 Å². The maximum Gasteiger partial charge on any atom is 0.312 e. The highest BCUT2D eigenvalue weighted by atomic mass is 16.4. The van der Waals surface area contributed by atoms with E-state index in [1.54, 1.807) is 4.90 Å². The van der Waals surface area contributed by atoms with Crippen molar-refractivity contribution in [3.63, 3.8) is 0 Å². The minimum absolute atomic E-state index is 0.0723. The molecule has 0 radical (unpaired) electrons. The molecular weight excluding hydrogens is 268 g/mol. The van der Waals surface area contributed by atoms with Crippen molar-refractivity contribution in [1.82, 2.24) is 4.90 Å². The summed E-state index contributed by atoms with van der Waals surface area (Å²) in [5, 5.41) is 9.39. The Hall–Kier alpha value is -1.88. The van der Waals surface area contributed by atoms with Crippen LogP contribution in [0.5, 0.6) is 0 Å². The number of amides is 1. The van der Waals surface area contributed by atoms with Crippen molar-refractivity contribution in [3.05, 3.63) is 35.4 Å². The van der Waals surface area contributed by atoms with Gasteiger partial charge in [-0.15, -0.1) is 0 Å². The zero-order valence-corrected chi connectivity index (χ0v) is 12.5. The number of carboxylic acid groups (broad SMARTS) is 1. The Kier molecular flexibility index (Phi) is 4.63. The Morgan fingerprint density at radius 2 is 2.05 bits per heavy atom. The van der Waals surface area contributed by atoms with E-state index < -0.39 is 11.9 Å². The highest BCUT2D eigenvalue weighted by Crippen LogP contribution is 2.29. The van der Waals surface area contributed by atoms with E-state index in [2.05, 4.69) is 0 Å². The van der Waals surface area contributed by atoms with Crippen LogP contribution in [0, 0.1) is 5.92 Å². The van der Waals surface area contributed by atoms with Crippen LogP contribution in [0.1, 0.15) is 37.3 Å². The van der Waals surface area contributed by atoms with E-state index in [4.69, 9.17) is 5.73 Å². The van der Waals surface area contributed by atoms with Gasteiger partial charge in [-0.2, -0.15) is 0 Å². The van der Waals surface area contributed by atoms with Crippen LogP contribution in [-0.2, 0) is 16.1 Å². The van der Waals surface area contributed by atoms with Crippen LogP contribution in [-0.4, -0.2) is 34.5 Å². The van der Waals surface area contributed by atoms with Crippen LogP contribution in [0.4, 0.5) is 0 Å². The summed E-state index contributed by atoms with van der Waals surface area (Å²) in [4.78, 5) is 25.4. The second-order valence-electron chi connectivity index (χ2n) is 5.98. The molecule has 2 atom stereocenters. The molecule has 0 aromatic heterocycles. The number of carbonyl (C=O) groups is 2. The predicted molar refractivity (Wildman–Crippen MR) is 79.7 cm³/mol. The van der Waals surface area contributed by atoms with Crippen LogP contribution >= 0.6 is 0 Å². The highest BCUT2D eigenvalue weighted by molar-refractivity contribution is 5.81. The molecule has 5 heteroatoms. The minimum Gasteiger partial charge on any atom is -0.481 e. The second-order valence-corrected chi connectivity index (χ2v) is 5.98. The van der Waals surface area contributed by atoms with E-state index in [1.165, 1.54) is 0 Å². The summed E-state index contributed by atoms with van der Waals surface area (Å²) in [5.41, 5.74) is 7.66. The van der Waals surface area contributed by atoms with Crippen LogP contribution in [0.25, 0.3) is 0 Å². The van der Waals surface area contributed by atoms with Gasteiger partial charge in [0.25, 0.3) is 0 Å². The molecule has 0 fully saturated rings. The number of hydrogen-bond donors (Lipinski definition) is 2. The smallest absolute Gasteiger partial charge is 0.312 e. The minimum atomic E-state index is -0.895. The van der Waals surface area contributed by atoms with E-state index >= 15 is 0 Å². The average molecular weight is 290 g/mol. The SMILES string of the molecule is CC(C)C(N)CC(=O)N1Cc2ccccc2C(C(=O)O)C1. The number of aliphatic carboxylic acids is 1. The first kappa shape index (κ1) is 15.5. The summed E-state index contributed by atoms with van der Waals surface area (Å²) in [5.74, 6) is -1.40. The topological polar surface area (TPSA) is 83.6 Å². The van der Waals surface area contributed by atoms with E-state index in [0.717, 1.165) is 11.1 Å². The van der Waals surface area contributed by atoms with Gasteiger partial charge < -0.3 is 15.7 Å². The monoisotopic (exact) mass is 290 g/mol. The molecule has 0 bridgehead atoms. The lowest BCUT2D eigenvalue weighted by atomic mass is 9.89. The number of nitrogens with zero attached hydrogens (tertiary/aromatic N) is 1. The van der Waals surface area contributed by atoms with Crippen LogP contribution in [0.15, 0.2) is 24.3 Å². The van der Waals surface area contributed by atoms with Gasteiger partial charge in [0.05, 0.1) is 5.92 Å². The van der Waals surface area contributed by atoms with Gasteiger partial charge in [-0.1, -0.05) is 38.1 Å². The van der Waals surface area contributed by atoms with E-state index in [1.807, 2.05) is 38.1 Å². The lowest BCUT2D eigenvalue weighted by molar-refractivity contribution is -0.141. The summed E-state index contributed by atoms with van der Waals surface area (Å²) in [6.45, 7) is 4.63. The Balaban J connectivity index is 2.18. The number of nitrogens with two attached hydrogens (primary N) is 1. The van der Waals surface area contributed by atoms with E-state index in [0.29, 0.717) is 6.54 Å². The van der Waals surface area contributed by atoms with E-state index in [-0.39, 0.29) is 30.8 Å². The van der Waals surface area contributed by atoms with Crippen molar-refractivity contribution in [2.24, 2.45) is 11.7 Å². The van der Waals surface area contributed by atoms with E-state index in [9.17, 15) is 14.7 Å². The number of carbonyl (C=O) groups excluding carboxylic acids is 1. The largest absolute Gasteiger partial charge is 0.481 e. The first-order valence-electron chi connectivity index (χ1n) is 7.24. The maximum absolute atomic E-state index is 12.3. The third kappa shape index (κ3) is 3.42. The van der Waals surface area contributed by atoms with Gasteiger partial charge in [-0.05, 0) is 17.0 Å². The van der Waals surface area contributed by atoms with Crippen molar-refractivity contribution in [2.75, 3.05) is 6.54 Å². The van der Waals surface area contributed by atoms with Gasteiger partial charge in [0.15, 0.2) is 0 Å². The fraction of sp³-hybridized carbons (Fsp3) is 0.500. The molecule has 0 saturated carbocycles. The van der Waals surface area contributed by atoms with Crippen LogP contribution in [0.2, 0.25) is 0 Å². The third-order valence-corrected chi connectivity index (χ3v) is 4.11. The lowest BCUT2D eigenvalue weighted by Gasteiger charge is -2.33. The first-order valence-corrected chi connectivity index (χ1v) is 7.24. The van der Waals surface area contributed by atoms with Gasteiger partial charge in [-0.25, -0.2) is 0 Å². The summed E-state index contributed by atoms with van der Waals surface area (Å²) in [6, 6.07) is 7.22. The van der Waals surface area contributed by atoms with Crippen molar-refractivity contribution >= 4 is 11.9 Å². The number of fused-ring (bicyclic) bond motifs is 1. The van der Waals surface area contributed by atoms with Gasteiger partial charge >= 0.3 is 5.97 Å². The maximum atomic E-state index is 12.3. The average Bonchev–Trinajstić information content (AvgIpc) is 2.45. The van der Waals surface area contributed by atoms with Crippen LogP contribution < -0.4 is 5.73 Å². The predicted octanol–water partition coefficient (Wildman–Crippen LogP) is 1.57. The molecule has 1 heterocycles. The molecule has 0 saturated heterocycles. The van der Waals surface area contributed by atoms with Crippen LogP contribution in [0.3, 0.4) is 0 Å². The second kappa shape index (κ2) is 6.26. The highest BCUT2D eigenvalue weighted by Gasteiger charge is 2.32. The zero-order valence-electron chi connectivity index (χ0n) is 12.5. The number of hydrogen-bond acceptors (Lipinski definition) is 3. The third-order valence-electron chi connectivity index (χ3n) is 4.11. The van der Waals surface area contributed by atoms with Gasteiger partial charge in [0, 0.05) is 25.6 Å². The fourth-order valence-electron chi connectivity index (χ4n) is 2.57. The summed E-state index contributed by atoms with van der Waals surface area (Å²) >= 11 is 0. The van der Waals surface area contributed by atoms with Gasteiger partial charge in [0.1, 0.15) is 0 Å². The first-order chi connectivity index (χ1) is 9.90. The molecule has 0 spiro atoms. The van der Waals surface area contributed by atoms with Crippen molar-refractivity contribution in [2.45, 2.75) is 38.8 Å². The molecule has 5 nitrogen and oxygen atoms in total. The number of rotatable bonds is 4. The molecule has 2 unspecified atom stereocenters. The molecule has 1 aromatic carbocycles. The summed E-state index contributed by atoms with van der Waals surface area (Å²) in [6.07, 6.45) is 0.256. The normalized spacial score (nSPS) is 19.2. The molecule has 114 valence electrons. The quantitative estimate of drug-likeness (QED) is 0.881. The Labute approximate surface area is 124 Å². The molecule has 1 aliphatic heterocycles. The standard InChI is InChI=1S/C16H22N2O3/c1-10(2)14(17)7-15(19)18-8-11-5-3-4-6-12(11)13(9-18)16(20)21/h3-6,10,13-14H,7-9,17H2,1-2H3,(H,20,21). The van der Waals surface area contributed by atoms with Crippen molar-refractivity contribution in [1.29, 1.82) is 0 Å². The summed E-state index contributed by atoms with van der Waals surface area (Å²) < 4.78 is 0. The molecule has 21 heavy (non-hydrogen) atoms. The Morgan fingerprint density at radius 1 is 1.38 bits per heavy atom. The molecule has 3 N–H and O–H groups in total. The molecule has 1 aliphatic rings. The number of carboxylic acids is 1.